The van der Waals surface area contributed by atoms with E-state index >= 15 is 0 Å². The Morgan fingerprint density at radius 1 is 0.562 bits per heavy atom. The topological polar surface area (TPSA) is 12.4 Å². The van der Waals surface area contributed by atoms with Gasteiger partial charge >= 0.3 is 0 Å². The van der Waals surface area contributed by atoms with Crippen molar-refractivity contribution in [3.8, 4) is 33.4 Å². The number of allylic oxidation sites excluding steroid dienone is 4. The standard InChI is InChI=1S/C47H35N/c1-31(48-32(2)36-27-37(33-15-5-3-6-16-33)29-38(28-36)34-17-7-4-8-18-34)35-25-26-42-41-21-11-14-24-45(41)47(46(42)30-35)43-22-12-9-19-39(43)40-20-10-13-23-44(40)47/h3-13,15-23,25-30H,2,14,24H2,1H3. The quantitative estimate of drug-likeness (QED) is 0.172. The minimum absolute atomic E-state index is 0.287. The number of nitrogens with zero attached hydrogens (tertiary/aromatic N) is 1. The van der Waals surface area contributed by atoms with E-state index in [1.165, 1.54) is 55.7 Å². The molecule has 3 aliphatic carbocycles. The van der Waals surface area contributed by atoms with E-state index < -0.39 is 0 Å². The first kappa shape index (κ1) is 28.4. The second-order valence-electron chi connectivity index (χ2n) is 13.1. The Morgan fingerprint density at radius 3 is 1.77 bits per heavy atom. The molecule has 228 valence electrons. The van der Waals surface area contributed by atoms with E-state index in [0.29, 0.717) is 0 Å². The number of aliphatic imine (C=N–C) groups is 1. The van der Waals surface area contributed by atoms with Gasteiger partial charge in [0.2, 0.25) is 0 Å². The fraction of sp³-hybridized carbons (Fsp3) is 0.0851. The van der Waals surface area contributed by atoms with E-state index in [4.69, 9.17) is 4.99 Å². The van der Waals surface area contributed by atoms with E-state index in [-0.39, 0.29) is 5.41 Å². The van der Waals surface area contributed by atoms with Crippen molar-refractivity contribution in [2.24, 2.45) is 4.99 Å². The van der Waals surface area contributed by atoms with Gasteiger partial charge in [-0.1, -0.05) is 140 Å². The van der Waals surface area contributed by atoms with Crippen LogP contribution in [0.2, 0.25) is 0 Å². The van der Waals surface area contributed by atoms with Crippen LogP contribution >= 0.6 is 0 Å². The minimum Gasteiger partial charge on any atom is -0.253 e. The Balaban J connectivity index is 1.17. The second kappa shape index (κ2) is 11.2. The first-order valence-electron chi connectivity index (χ1n) is 16.9. The Hall–Kier alpha value is -5.79. The molecule has 0 amide bonds. The van der Waals surface area contributed by atoms with Crippen LogP contribution in [0.4, 0.5) is 0 Å². The molecular formula is C47H35N. The number of benzene rings is 6. The zero-order valence-corrected chi connectivity index (χ0v) is 27.1. The van der Waals surface area contributed by atoms with E-state index in [2.05, 4.69) is 171 Å². The molecule has 0 saturated heterocycles. The summed E-state index contributed by atoms with van der Waals surface area (Å²) in [5.74, 6) is 0. The van der Waals surface area contributed by atoms with Crippen molar-refractivity contribution in [3.63, 3.8) is 0 Å². The largest absolute Gasteiger partial charge is 0.253 e. The van der Waals surface area contributed by atoms with Gasteiger partial charge in [-0.3, -0.25) is 4.99 Å². The van der Waals surface area contributed by atoms with Crippen LogP contribution in [0.3, 0.4) is 0 Å². The van der Waals surface area contributed by atoms with Crippen LogP contribution in [-0.4, -0.2) is 5.71 Å². The molecule has 6 aromatic carbocycles. The average molecular weight is 614 g/mol. The van der Waals surface area contributed by atoms with Gasteiger partial charge in [-0.2, -0.15) is 0 Å². The lowest BCUT2D eigenvalue weighted by atomic mass is 9.68. The van der Waals surface area contributed by atoms with E-state index in [1.54, 1.807) is 0 Å². The molecule has 0 aromatic heterocycles. The SMILES string of the molecule is C=C(N=C(C)c1ccc2c(c1)C1(C3=C2C=CCC3)c2ccccc2-c2ccccc21)c1cc(-c2ccccc2)cc(-c2ccccc2)c1. The molecule has 1 spiro atoms. The predicted octanol–water partition coefficient (Wildman–Crippen LogP) is 11.9. The molecule has 0 atom stereocenters. The summed E-state index contributed by atoms with van der Waals surface area (Å²) in [6.45, 7) is 6.64. The van der Waals surface area contributed by atoms with Gasteiger partial charge in [0.1, 0.15) is 0 Å². The molecule has 0 radical (unpaired) electrons. The van der Waals surface area contributed by atoms with Crippen molar-refractivity contribution in [1.82, 2.24) is 0 Å². The zero-order chi connectivity index (χ0) is 32.2. The van der Waals surface area contributed by atoms with Gasteiger partial charge in [-0.25, -0.2) is 0 Å². The molecule has 0 heterocycles. The van der Waals surface area contributed by atoms with Crippen molar-refractivity contribution in [2.45, 2.75) is 25.2 Å². The molecule has 1 heteroatoms. The third kappa shape index (κ3) is 4.28. The fourth-order valence-corrected chi connectivity index (χ4v) is 8.35. The van der Waals surface area contributed by atoms with Gasteiger partial charge in [-0.05, 0) is 116 Å². The van der Waals surface area contributed by atoms with Crippen LogP contribution in [0.5, 0.6) is 0 Å². The van der Waals surface area contributed by atoms with Crippen LogP contribution in [0.25, 0.3) is 44.7 Å². The normalized spacial score (nSPS) is 15.2. The van der Waals surface area contributed by atoms with Crippen LogP contribution in [0, 0.1) is 0 Å². The minimum atomic E-state index is -0.287. The molecule has 0 fully saturated rings. The summed E-state index contributed by atoms with van der Waals surface area (Å²) in [7, 11) is 0. The summed E-state index contributed by atoms with van der Waals surface area (Å²) in [4.78, 5) is 5.20. The summed E-state index contributed by atoms with van der Waals surface area (Å²) >= 11 is 0. The maximum atomic E-state index is 5.20. The van der Waals surface area contributed by atoms with Crippen molar-refractivity contribution in [1.29, 1.82) is 0 Å². The lowest BCUT2D eigenvalue weighted by Gasteiger charge is -2.33. The Morgan fingerprint density at radius 2 is 1.15 bits per heavy atom. The van der Waals surface area contributed by atoms with Crippen molar-refractivity contribution in [2.75, 3.05) is 0 Å². The number of rotatable bonds is 5. The van der Waals surface area contributed by atoms with Crippen molar-refractivity contribution >= 4 is 17.0 Å². The van der Waals surface area contributed by atoms with Crippen LogP contribution < -0.4 is 0 Å². The molecule has 0 aliphatic heterocycles. The molecule has 0 saturated carbocycles. The van der Waals surface area contributed by atoms with Gasteiger partial charge in [0, 0.05) is 11.3 Å². The summed E-state index contributed by atoms with van der Waals surface area (Å²) in [5, 5.41) is 0. The second-order valence-corrected chi connectivity index (χ2v) is 13.1. The van der Waals surface area contributed by atoms with E-state index in [1.807, 2.05) is 0 Å². The summed E-state index contributed by atoms with van der Waals surface area (Å²) in [5.41, 5.74) is 19.4. The fourth-order valence-electron chi connectivity index (χ4n) is 8.35. The number of hydrogen-bond donors (Lipinski definition) is 0. The van der Waals surface area contributed by atoms with Gasteiger partial charge in [0.15, 0.2) is 0 Å². The maximum absolute atomic E-state index is 5.20. The monoisotopic (exact) mass is 613 g/mol. The molecule has 9 rings (SSSR count). The molecule has 0 N–H and O–H groups in total. The highest BCUT2D eigenvalue weighted by atomic mass is 14.8. The zero-order valence-electron chi connectivity index (χ0n) is 27.1. The smallest absolute Gasteiger partial charge is 0.0688 e. The Kier molecular flexibility index (Phi) is 6.62. The molecule has 3 aliphatic rings. The third-order valence-electron chi connectivity index (χ3n) is 10.5. The first-order valence-corrected chi connectivity index (χ1v) is 16.9. The van der Waals surface area contributed by atoms with Gasteiger partial charge in [0.05, 0.1) is 11.1 Å². The lowest BCUT2D eigenvalue weighted by molar-refractivity contribution is 0.714. The first-order chi connectivity index (χ1) is 23.6. The summed E-state index contributed by atoms with van der Waals surface area (Å²) < 4.78 is 0. The highest BCUT2D eigenvalue weighted by Gasteiger charge is 2.52. The van der Waals surface area contributed by atoms with E-state index in [9.17, 15) is 0 Å². The highest BCUT2D eigenvalue weighted by molar-refractivity contribution is 6.04. The van der Waals surface area contributed by atoms with E-state index in [0.717, 1.165) is 46.5 Å². The maximum Gasteiger partial charge on any atom is 0.0688 e. The molecule has 0 unspecified atom stereocenters. The summed E-state index contributed by atoms with van der Waals surface area (Å²) in [6, 6.07) is 52.9. The third-order valence-corrected chi connectivity index (χ3v) is 10.5. The highest BCUT2D eigenvalue weighted by Crippen LogP contribution is 2.63. The Labute approximate surface area is 283 Å². The van der Waals surface area contributed by atoms with Crippen LogP contribution in [0.15, 0.2) is 175 Å². The molecule has 48 heavy (non-hydrogen) atoms. The molecule has 6 aromatic rings. The van der Waals surface area contributed by atoms with Gasteiger partial charge < -0.3 is 0 Å². The molecule has 1 nitrogen and oxygen atoms in total. The molecular weight excluding hydrogens is 579 g/mol. The van der Waals surface area contributed by atoms with Crippen LogP contribution in [0.1, 0.15) is 53.1 Å². The lowest BCUT2D eigenvalue weighted by Crippen LogP contribution is -2.28. The van der Waals surface area contributed by atoms with Crippen molar-refractivity contribution in [3.05, 3.63) is 203 Å². The number of hydrogen-bond acceptors (Lipinski definition) is 1. The van der Waals surface area contributed by atoms with Crippen LogP contribution in [-0.2, 0) is 5.41 Å². The molecule has 0 bridgehead atoms. The van der Waals surface area contributed by atoms with Gasteiger partial charge in [0.25, 0.3) is 0 Å². The van der Waals surface area contributed by atoms with Gasteiger partial charge in [-0.15, -0.1) is 0 Å². The number of fused-ring (bicyclic) bond motifs is 9. The van der Waals surface area contributed by atoms with Crippen molar-refractivity contribution < 1.29 is 0 Å². The Bertz CT molecular complexity index is 2250. The average Bonchev–Trinajstić information content (AvgIpc) is 3.62. The summed E-state index contributed by atoms with van der Waals surface area (Å²) in [6.07, 6.45) is 6.83. The predicted molar refractivity (Wildman–Crippen MR) is 202 cm³/mol.